The van der Waals surface area contributed by atoms with Crippen LogP contribution in [-0.2, 0) is 16.1 Å². The Hall–Kier alpha value is -3.68. The number of amides is 1. The van der Waals surface area contributed by atoms with Gasteiger partial charge in [0.15, 0.2) is 0 Å². The van der Waals surface area contributed by atoms with Crippen molar-refractivity contribution in [3.05, 3.63) is 93.0 Å². The van der Waals surface area contributed by atoms with E-state index in [4.69, 9.17) is 37.4 Å². The molecule has 1 aliphatic rings. The number of hydrogen-bond acceptors (Lipinski definition) is 6. The molecule has 1 atom stereocenters. The van der Waals surface area contributed by atoms with Gasteiger partial charge in [-0.15, -0.1) is 0 Å². The topological polar surface area (TPSA) is 85.3 Å². The van der Waals surface area contributed by atoms with E-state index in [-0.39, 0.29) is 39.6 Å². The summed E-state index contributed by atoms with van der Waals surface area (Å²) in [6.07, 6.45) is -0.0282. The Balaban J connectivity index is 1.89. The summed E-state index contributed by atoms with van der Waals surface area (Å²) < 4.78 is 16.5. The number of hydrogen-bond donors (Lipinski definition) is 1. The average molecular weight is 556 g/mol. The first-order valence-corrected chi connectivity index (χ1v) is 12.6. The number of Topliss-reactive ketones (excluding diaryl/α,β-unsaturated/α-hetero) is 1. The Kier molecular flexibility index (Phi) is 8.19. The fourth-order valence-corrected chi connectivity index (χ4v) is 5.02. The Morgan fingerprint density at radius 3 is 2.32 bits per heavy atom. The summed E-state index contributed by atoms with van der Waals surface area (Å²) in [5, 5.41) is 11.9. The van der Waals surface area contributed by atoms with Gasteiger partial charge < -0.3 is 24.2 Å². The van der Waals surface area contributed by atoms with Crippen LogP contribution in [0.5, 0.6) is 17.2 Å². The molecule has 198 valence electrons. The van der Waals surface area contributed by atoms with Gasteiger partial charge in [0.25, 0.3) is 11.7 Å². The summed E-state index contributed by atoms with van der Waals surface area (Å²) in [7, 11) is 2.94. The third-order valence-electron chi connectivity index (χ3n) is 6.06. The predicted molar refractivity (Wildman–Crippen MR) is 146 cm³/mol. The zero-order valence-electron chi connectivity index (χ0n) is 21.3. The van der Waals surface area contributed by atoms with Crippen LogP contribution in [0.25, 0.3) is 5.76 Å². The SMILES string of the molecule is COc1cccc(CN2C(=O)C(=O)/C(=C(/O)c3cc(Cl)cc(Cl)c3OC)C2c2ccc(OC(C)C)cc2)c1. The lowest BCUT2D eigenvalue weighted by molar-refractivity contribution is -0.140. The second kappa shape index (κ2) is 11.4. The van der Waals surface area contributed by atoms with Crippen molar-refractivity contribution < 1.29 is 28.9 Å². The van der Waals surface area contributed by atoms with E-state index in [1.54, 1.807) is 49.6 Å². The highest BCUT2D eigenvalue weighted by Gasteiger charge is 2.46. The lowest BCUT2D eigenvalue weighted by Gasteiger charge is -2.26. The number of likely N-dealkylation sites (tertiary alicyclic amines) is 1. The van der Waals surface area contributed by atoms with Gasteiger partial charge in [-0.25, -0.2) is 0 Å². The molecule has 0 aromatic heterocycles. The van der Waals surface area contributed by atoms with E-state index < -0.39 is 23.5 Å². The van der Waals surface area contributed by atoms with Crippen LogP contribution >= 0.6 is 23.2 Å². The first-order chi connectivity index (χ1) is 18.1. The largest absolute Gasteiger partial charge is 0.507 e. The standard InChI is InChI=1S/C29H27Cl2NO6/c1-16(2)38-20-10-8-18(9-11-20)25-24(26(33)22-13-19(30)14-23(31)28(22)37-4)27(34)29(35)32(25)15-17-6-5-7-21(12-17)36-3/h5-14,16,25,33H,15H2,1-4H3/b26-24+. The highest BCUT2D eigenvalue weighted by atomic mass is 35.5. The molecule has 0 spiro atoms. The number of ether oxygens (including phenoxy) is 3. The van der Waals surface area contributed by atoms with Gasteiger partial charge in [0.1, 0.15) is 23.0 Å². The van der Waals surface area contributed by atoms with Gasteiger partial charge in [0, 0.05) is 11.6 Å². The summed E-state index contributed by atoms with van der Waals surface area (Å²) in [4.78, 5) is 28.2. The van der Waals surface area contributed by atoms with E-state index in [0.717, 1.165) is 5.56 Å². The van der Waals surface area contributed by atoms with Gasteiger partial charge in [-0.1, -0.05) is 47.5 Å². The van der Waals surface area contributed by atoms with E-state index in [1.807, 2.05) is 19.9 Å². The van der Waals surface area contributed by atoms with Crippen molar-refractivity contribution in [2.75, 3.05) is 14.2 Å². The third-order valence-corrected chi connectivity index (χ3v) is 6.56. The van der Waals surface area contributed by atoms with Crippen LogP contribution in [0.15, 0.2) is 66.2 Å². The molecule has 3 aromatic rings. The van der Waals surface area contributed by atoms with Crippen molar-refractivity contribution in [2.45, 2.75) is 32.5 Å². The Bertz CT molecular complexity index is 1400. The Labute approximate surface area is 231 Å². The third kappa shape index (κ3) is 5.44. The van der Waals surface area contributed by atoms with Gasteiger partial charge in [-0.3, -0.25) is 9.59 Å². The monoisotopic (exact) mass is 555 g/mol. The fraction of sp³-hybridized carbons (Fsp3) is 0.241. The van der Waals surface area contributed by atoms with Gasteiger partial charge in [-0.05, 0) is 61.4 Å². The average Bonchev–Trinajstić information content (AvgIpc) is 3.13. The van der Waals surface area contributed by atoms with Crippen molar-refractivity contribution in [3.63, 3.8) is 0 Å². The summed E-state index contributed by atoms with van der Waals surface area (Å²) in [6, 6.07) is 16.3. The first-order valence-electron chi connectivity index (χ1n) is 11.9. The molecule has 1 aliphatic heterocycles. The zero-order chi connectivity index (χ0) is 27.6. The van der Waals surface area contributed by atoms with Crippen LogP contribution in [0.4, 0.5) is 0 Å². The molecule has 1 heterocycles. The van der Waals surface area contributed by atoms with Crippen LogP contribution in [0.1, 0.15) is 36.6 Å². The lowest BCUT2D eigenvalue weighted by Crippen LogP contribution is -2.29. The minimum atomic E-state index is -0.906. The molecule has 1 fully saturated rings. The van der Waals surface area contributed by atoms with Gasteiger partial charge in [0.2, 0.25) is 0 Å². The number of methoxy groups -OCH3 is 2. The second-order valence-corrected chi connectivity index (χ2v) is 9.83. The molecule has 0 aliphatic carbocycles. The molecule has 1 amide bonds. The molecule has 0 saturated carbocycles. The maximum atomic E-state index is 13.4. The fourth-order valence-electron chi connectivity index (χ4n) is 4.45. The molecule has 0 bridgehead atoms. The quantitative estimate of drug-likeness (QED) is 0.196. The summed E-state index contributed by atoms with van der Waals surface area (Å²) >= 11 is 12.5. The van der Waals surface area contributed by atoms with Crippen molar-refractivity contribution in [1.29, 1.82) is 0 Å². The van der Waals surface area contributed by atoms with E-state index in [0.29, 0.717) is 17.1 Å². The number of carbonyl (C=O) groups excluding carboxylic acids is 2. The highest BCUT2D eigenvalue weighted by molar-refractivity contribution is 6.46. The van der Waals surface area contributed by atoms with Crippen LogP contribution in [0, 0.1) is 0 Å². The molecule has 4 rings (SSSR count). The summed E-state index contributed by atoms with van der Waals surface area (Å²) in [6.45, 7) is 3.93. The van der Waals surface area contributed by atoms with Crippen LogP contribution in [-0.4, -0.2) is 42.0 Å². The number of halogens is 2. The molecule has 7 nitrogen and oxygen atoms in total. The number of benzene rings is 3. The number of carbonyl (C=O) groups is 2. The van der Waals surface area contributed by atoms with Crippen molar-refractivity contribution in [3.8, 4) is 17.2 Å². The Morgan fingerprint density at radius 1 is 0.974 bits per heavy atom. The number of aliphatic hydroxyl groups excluding tert-OH is 1. The molecule has 9 heteroatoms. The highest BCUT2D eigenvalue weighted by Crippen LogP contribution is 2.44. The molecular formula is C29H27Cl2NO6. The number of rotatable bonds is 8. The smallest absolute Gasteiger partial charge is 0.295 e. The van der Waals surface area contributed by atoms with E-state index >= 15 is 0 Å². The summed E-state index contributed by atoms with van der Waals surface area (Å²) in [5.74, 6) is -0.650. The maximum Gasteiger partial charge on any atom is 0.295 e. The van der Waals surface area contributed by atoms with Crippen LogP contribution in [0.2, 0.25) is 10.0 Å². The minimum Gasteiger partial charge on any atom is -0.507 e. The Morgan fingerprint density at radius 2 is 1.68 bits per heavy atom. The molecule has 1 N–H and O–H groups in total. The number of ketones is 1. The number of aliphatic hydroxyl groups is 1. The zero-order valence-corrected chi connectivity index (χ0v) is 22.8. The first kappa shape index (κ1) is 27.4. The van der Waals surface area contributed by atoms with Crippen LogP contribution < -0.4 is 14.2 Å². The predicted octanol–water partition coefficient (Wildman–Crippen LogP) is 6.42. The molecule has 3 aromatic carbocycles. The van der Waals surface area contributed by atoms with E-state index in [9.17, 15) is 14.7 Å². The van der Waals surface area contributed by atoms with Crippen molar-refractivity contribution >= 4 is 40.7 Å². The molecular weight excluding hydrogens is 529 g/mol. The van der Waals surface area contributed by atoms with E-state index in [1.165, 1.54) is 24.1 Å². The molecule has 0 radical (unpaired) electrons. The second-order valence-electron chi connectivity index (χ2n) is 8.98. The molecule has 1 saturated heterocycles. The number of nitrogens with zero attached hydrogens (tertiary/aromatic N) is 1. The lowest BCUT2D eigenvalue weighted by atomic mass is 9.94. The maximum absolute atomic E-state index is 13.4. The minimum absolute atomic E-state index is 0.0282. The van der Waals surface area contributed by atoms with Crippen molar-refractivity contribution in [1.82, 2.24) is 4.90 Å². The van der Waals surface area contributed by atoms with E-state index in [2.05, 4.69) is 0 Å². The normalized spacial score (nSPS) is 16.7. The van der Waals surface area contributed by atoms with Crippen LogP contribution in [0.3, 0.4) is 0 Å². The van der Waals surface area contributed by atoms with Crippen molar-refractivity contribution in [2.24, 2.45) is 0 Å². The van der Waals surface area contributed by atoms with Gasteiger partial charge >= 0.3 is 0 Å². The molecule has 38 heavy (non-hydrogen) atoms. The summed E-state index contributed by atoms with van der Waals surface area (Å²) in [5.41, 5.74) is 1.36. The molecule has 1 unspecified atom stereocenters. The van der Waals surface area contributed by atoms with Gasteiger partial charge in [-0.2, -0.15) is 0 Å². The van der Waals surface area contributed by atoms with Gasteiger partial charge in [0.05, 0.1) is 42.5 Å².